The van der Waals surface area contributed by atoms with Gasteiger partial charge in [-0.1, -0.05) is 50.5 Å². The number of ether oxygens (including phenoxy) is 1. The van der Waals surface area contributed by atoms with Gasteiger partial charge in [0.1, 0.15) is 30.7 Å². The molecule has 10 nitrogen and oxygen atoms in total. The van der Waals surface area contributed by atoms with Crippen LogP contribution in [0.15, 0.2) is 48.5 Å². The van der Waals surface area contributed by atoms with Crippen molar-refractivity contribution in [1.29, 1.82) is 0 Å². The molecule has 2 amide bonds. The monoisotopic (exact) mass is 558 g/mol. The van der Waals surface area contributed by atoms with Crippen LogP contribution in [0.25, 0.3) is 0 Å². The van der Waals surface area contributed by atoms with Gasteiger partial charge in [-0.25, -0.2) is 0 Å². The second-order valence-electron chi connectivity index (χ2n) is 10.2. The SMILES string of the molecule is CCCCCCN(CCc1ccc(OCCN2C(=O)c3ccccc3C2=O)cc1)CC(O)C(O)C(O)C(O)CO. The average Bonchev–Trinajstić information content (AvgIpc) is 3.22. The van der Waals surface area contributed by atoms with Gasteiger partial charge in [-0.15, -0.1) is 0 Å². The minimum absolute atomic E-state index is 0.113. The highest BCUT2D eigenvalue weighted by Crippen LogP contribution is 2.22. The van der Waals surface area contributed by atoms with E-state index in [1.54, 1.807) is 24.3 Å². The minimum Gasteiger partial charge on any atom is -0.492 e. The van der Waals surface area contributed by atoms with E-state index in [0.717, 1.165) is 31.2 Å². The Kier molecular flexibility index (Phi) is 12.5. The van der Waals surface area contributed by atoms with E-state index in [1.165, 1.54) is 4.90 Å². The number of rotatable bonds is 18. The van der Waals surface area contributed by atoms with Crippen LogP contribution in [0.3, 0.4) is 0 Å². The van der Waals surface area contributed by atoms with Gasteiger partial charge >= 0.3 is 0 Å². The molecule has 0 spiro atoms. The molecule has 0 radical (unpaired) electrons. The van der Waals surface area contributed by atoms with Crippen molar-refractivity contribution in [2.24, 2.45) is 0 Å². The number of aliphatic hydroxyl groups excluding tert-OH is 5. The highest BCUT2D eigenvalue weighted by Gasteiger charge is 2.35. The van der Waals surface area contributed by atoms with E-state index >= 15 is 0 Å². The molecule has 220 valence electrons. The summed E-state index contributed by atoms with van der Waals surface area (Å²) in [5.41, 5.74) is 1.87. The molecule has 3 rings (SSSR count). The van der Waals surface area contributed by atoms with E-state index in [-0.39, 0.29) is 31.5 Å². The highest BCUT2D eigenvalue weighted by atomic mass is 16.5. The van der Waals surface area contributed by atoms with Crippen LogP contribution in [0.4, 0.5) is 0 Å². The fourth-order valence-corrected chi connectivity index (χ4v) is 4.73. The maximum absolute atomic E-state index is 12.5. The summed E-state index contributed by atoms with van der Waals surface area (Å²) in [6.45, 7) is 3.17. The Balaban J connectivity index is 1.49. The molecule has 40 heavy (non-hydrogen) atoms. The van der Waals surface area contributed by atoms with Gasteiger partial charge in [0.25, 0.3) is 11.8 Å². The van der Waals surface area contributed by atoms with Crippen LogP contribution in [0.2, 0.25) is 0 Å². The van der Waals surface area contributed by atoms with E-state index in [9.17, 15) is 30.0 Å². The molecular weight excluding hydrogens is 516 g/mol. The molecule has 0 bridgehead atoms. The van der Waals surface area contributed by atoms with Gasteiger partial charge in [0.15, 0.2) is 0 Å². The first-order valence-corrected chi connectivity index (χ1v) is 14.0. The lowest BCUT2D eigenvalue weighted by Gasteiger charge is -2.30. The number of amides is 2. The standard InChI is InChI=1S/C30H42N2O8/c1-2-3-4-7-15-31(19-25(34)27(36)28(37)26(35)20-33)16-14-21-10-12-22(13-11-21)40-18-17-32-29(38)23-8-5-6-9-24(23)30(32)39/h5-6,8-13,25-28,33-37H,2-4,7,14-20H2,1H3. The molecule has 0 fully saturated rings. The van der Waals surface area contributed by atoms with Crippen molar-refractivity contribution in [2.75, 3.05) is 39.4 Å². The molecule has 1 aliphatic heterocycles. The Bertz CT molecular complexity index is 1040. The zero-order chi connectivity index (χ0) is 29.1. The van der Waals surface area contributed by atoms with Crippen LogP contribution in [-0.4, -0.2) is 111 Å². The third kappa shape index (κ3) is 8.57. The smallest absolute Gasteiger partial charge is 0.261 e. The first-order valence-electron chi connectivity index (χ1n) is 14.0. The number of hydrogen-bond donors (Lipinski definition) is 5. The Morgan fingerprint density at radius 1 is 0.825 bits per heavy atom. The topological polar surface area (TPSA) is 151 Å². The van der Waals surface area contributed by atoms with Gasteiger partial charge in [0, 0.05) is 13.1 Å². The molecule has 4 atom stereocenters. The third-order valence-electron chi connectivity index (χ3n) is 7.20. The van der Waals surface area contributed by atoms with Crippen LogP contribution in [0.5, 0.6) is 5.75 Å². The van der Waals surface area contributed by atoms with Gasteiger partial charge in [-0.2, -0.15) is 0 Å². The molecule has 1 heterocycles. The maximum atomic E-state index is 12.5. The van der Waals surface area contributed by atoms with Crippen molar-refractivity contribution < 1.29 is 39.9 Å². The van der Waals surface area contributed by atoms with Gasteiger partial charge in [-0.05, 0) is 49.2 Å². The molecular formula is C30H42N2O8. The van der Waals surface area contributed by atoms with Crippen molar-refractivity contribution in [2.45, 2.75) is 63.4 Å². The number of carbonyl (C=O) groups is 2. The summed E-state index contributed by atoms with van der Waals surface area (Å²) in [6.07, 6.45) is -1.20. The number of fused-ring (bicyclic) bond motifs is 1. The Labute approximate surface area is 235 Å². The number of carbonyl (C=O) groups excluding carboxylic acids is 2. The van der Waals surface area contributed by atoms with E-state index in [1.807, 2.05) is 29.2 Å². The molecule has 1 aliphatic rings. The predicted molar refractivity (Wildman–Crippen MR) is 149 cm³/mol. The Hall–Kier alpha value is -2.86. The summed E-state index contributed by atoms with van der Waals surface area (Å²) < 4.78 is 5.77. The molecule has 10 heteroatoms. The predicted octanol–water partition coefficient (Wildman–Crippen LogP) is 1.22. The minimum atomic E-state index is -1.65. The first-order chi connectivity index (χ1) is 19.3. The highest BCUT2D eigenvalue weighted by molar-refractivity contribution is 6.21. The normalized spacial score (nSPS) is 16.2. The molecule has 2 aromatic carbocycles. The number of aliphatic hydroxyl groups is 5. The van der Waals surface area contributed by atoms with Crippen LogP contribution in [-0.2, 0) is 6.42 Å². The van der Waals surface area contributed by atoms with Gasteiger partial charge < -0.3 is 35.2 Å². The van der Waals surface area contributed by atoms with Crippen molar-refractivity contribution in [3.63, 3.8) is 0 Å². The van der Waals surface area contributed by atoms with Gasteiger partial charge in [0.05, 0.1) is 30.4 Å². The number of nitrogens with zero attached hydrogens (tertiary/aromatic N) is 2. The zero-order valence-electron chi connectivity index (χ0n) is 23.1. The largest absolute Gasteiger partial charge is 0.492 e. The number of imide groups is 1. The summed E-state index contributed by atoms with van der Waals surface area (Å²) in [4.78, 5) is 28.2. The zero-order valence-corrected chi connectivity index (χ0v) is 23.1. The summed E-state index contributed by atoms with van der Waals surface area (Å²) in [7, 11) is 0. The molecule has 5 N–H and O–H groups in total. The summed E-state index contributed by atoms with van der Waals surface area (Å²) >= 11 is 0. The second-order valence-corrected chi connectivity index (χ2v) is 10.2. The first kappa shape index (κ1) is 31.7. The number of hydrogen-bond acceptors (Lipinski definition) is 9. The van der Waals surface area contributed by atoms with Crippen molar-refractivity contribution in [3.8, 4) is 5.75 Å². The van der Waals surface area contributed by atoms with E-state index in [0.29, 0.717) is 36.4 Å². The lowest BCUT2D eigenvalue weighted by Crippen LogP contribution is -2.50. The van der Waals surface area contributed by atoms with Crippen molar-refractivity contribution in [3.05, 3.63) is 65.2 Å². The lowest BCUT2D eigenvalue weighted by molar-refractivity contribution is -0.119. The van der Waals surface area contributed by atoms with Crippen molar-refractivity contribution in [1.82, 2.24) is 9.80 Å². The molecule has 0 aliphatic carbocycles. The fraction of sp³-hybridized carbons (Fsp3) is 0.533. The average molecular weight is 559 g/mol. The lowest BCUT2D eigenvalue weighted by atomic mass is 10.0. The van der Waals surface area contributed by atoms with Gasteiger partial charge in [-0.3, -0.25) is 14.5 Å². The quantitative estimate of drug-likeness (QED) is 0.134. The van der Waals surface area contributed by atoms with Crippen LogP contribution >= 0.6 is 0 Å². The summed E-state index contributed by atoms with van der Waals surface area (Å²) in [6, 6.07) is 14.3. The Morgan fingerprint density at radius 2 is 1.45 bits per heavy atom. The molecule has 0 saturated heterocycles. The third-order valence-corrected chi connectivity index (χ3v) is 7.20. The molecule has 4 unspecified atom stereocenters. The summed E-state index contributed by atoms with van der Waals surface area (Å²) in [5.74, 6) is -0.00205. The van der Waals surface area contributed by atoms with E-state index in [4.69, 9.17) is 9.84 Å². The van der Waals surface area contributed by atoms with E-state index in [2.05, 4.69) is 6.92 Å². The number of benzene rings is 2. The second kappa shape index (κ2) is 15.8. The maximum Gasteiger partial charge on any atom is 0.261 e. The van der Waals surface area contributed by atoms with Crippen LogP contribution in [0.1, 0.15) is 58.9 Å². The van der Waals surface area contributed by atoms with E-state index < -0.39 is 31.0 Å². The number of unbranched alkanes of at least 4 members (excludes halogenated alkanes) is 3. The molecule has 0 saturated carbocycles. The van der Waals surface area contributed by atoms with Crippen LogP contribution < -0.4 is 4.74 Å². The fourth-order valence-electron chi connectivity index (χ4n) is 4.73. The molecule has 0 aromatic heterocycles. The van der Waals surface area contributed by atoms with Crippen LogP contribution in [0, 0.1) is 0 Å². The molecule has 2 aromatic rings. The Morgan fingerprint density at radius 3 is 2.05 bits per heavy atom. The summed E-state index contributed by atoms with van der Waals surface area (Å²) in [5, 5.41) is 49.3. The van der Waals surface area contributed by atoms with Gasteiger partial charge in [0.2, 0.25) is 0 Å². The van der Waals surface area contributed by atoms with Crippen molar-refractivity contribution >= 4 is 11.8 Å².